The van der Waals surface area contributed by atoms with Crippen LogP contribution in [0.3, 0.4) is 0 Å². The summed E-state index contributed by atoms with van der Waals surface area (Å²) >= 11 is 0. The number of hydrogen-bond acceptors (Lipinski definition) is 2. The Morgan fingerprint density at radius 1 is 0.717 bits per heavy atom. The van der Waals surface area contributed by atoms with Crippen molar-refractivity contribution in [3.63, 3.8) is 0 Å². The number of nitrogens with zero attached hydrogens (tertiary/aromatic N) is 4. The molecule has 0 saturated carbocycles. The van der Waals surface area contributed by atoms with Crippen LogP contribution in [0, 0.1) is 18.5 Å². The van der Waals surface area contributed by atoms with Gasteiger partial charge in [-0.05, 0) is 53.5 Å². The number of aromatic nitrogens is 3. The van der Waals surface area contributed by atoms with Crippen molar-refractivity contribution in [1.82, 2.24) is 9.55 Å². The minimum absolute atomic E-state index is 0. The van der Waals surface area contributed by atoms with Gasteiger partial charge >= 0.3 is 20.1 Å². The SMILES string of the molecule is CC(C)c1cccc(C(C)C)c1-n1[c-][n+]2c3c(cccc31)N(C)c1c-2[c-]cc2ccccc12.[Ir+3].[c-]1ccccc1-c1ccccn1. The summed E-state index contributed by atoms with van der Waals surface area (Å²) in [5.74, 6) is 0.827. The van der Waals surface area contributed by atoms with Crippen molar-refractivity contribution in [2.24, 2.45) is 0 Å². The average molecular weight is 777 g/mol. The average Bonchev–Trinajstić information content (AvgIpc) is 3.47. The topological polar surface area (TPSA) is 24.9 Å². The molecule has 0 spiro atoms. The van der Waals surface area contributed by atoms with Crippen molar-refractivity contribution >= 4 is 33.2 Å². The summed E-state index contributed by atoms with van der Waals surface area (Å²) in [6, 6.07) is 44.4. The predicted molar refractivity (Wildman–Crippen MR) is 185 cm³/mol. The van der Waals surface area contributed by atoms with Crippen LogP contribution in [-0.2, 0) is 20.1 Å². The monoisotopic (exact) mass is 777 g/mol. The van der Waals surface area contributed by atoms with E-state index in [0.29, 0.717) is 11.8 Å². The van der Waals surface area contributed by atoms with Gasteiger partial charge in [0, 0.05) is 11.9 Å². The fraction of sp³-hybridized carbons (Fsp3) is 0.171. The van der Waals surface area contributed by atoms with Crippen LogP contribution < -0.4 is 9.47 Å². The Labute approximate surface area is 285 Å². The molecule has 3 heterocycles. The smallest absolute Gasteiger partial charge is 0.403 e. The van der Waals surface area contributed by atoms with Gasteiger partial charge in [-0.15, -0.1) is 52.7 Å². The molecule has 0 N–H and O–H groups in total. The first-order chi connectivity index (χ1) is 21.9. The van der Waals surface area contributed by atoms with Gasteiger partial charge < -0.3 is 14.5 Å². The van der Waals surface area contributed by atoms with Gasteiger partial charge in [0.05, 0.1) is 11.2 Å². The van der Waals surface area contributed by atoms with Crippen LogP contribution >= 0.6 is 0 Å². The number of fused-ring (bicyclic) bond motifs is 4. The summed E-state index contributed by atoms with van der Waals surface area (Å²) in [6.07, 6.45) is 5.54. The molecule has 46 heavy (non-hydrogen) atoms. The second-order valence-corrected chi connectivity index (χ2v) is 12.1. The quantitative estimate of drug-likeness (QED) is 0.132. The predicted octanol–water partition coefficient (Wildman–Crippen LogP) is 9.54. The molecule has 0 amide bonds. The number of rotatable bonds is 4. The van der Waals surface area contributed by atoms with E-state index in [-0.39, 0.29) is 20.1 Å². The van der Waals surface area contributed by atoms with Crippen molar-refractivity contribution in [2.45, 2.75) is 39.5 Å². The zero-order valence-electron chi connectivity index (χ0n) is 26.7. The first kappa shape index (κ1) is 31.4. The molecule has 5 heteroatoms. The molecule has 0 radical (unpaired) electrons. The normalized spacial score (nSPS) is 11.8. The van der Waals surface area contributed by atoms with Crippen LogP contribution in [0.4, 0.5) is 11.4 Å². The summed E-state index contributed by atoms with van der Waals surface area (Å²) in [7, 11) is 2.16. The minimum atomic E-state index is 0. The Morgan fingerprint density at radius 2 is 1.43 bits per heavy atom. The van der Waals surface area contributed by atoms with Crippen LogP contribution in [0.15, 0.2) is 115 Å². The van der Waals surface area contributed by atoms with Gasteiger partial charge in [0.15, 0.2) is 0 Å². The summed E-state index contributed by atoms with van der Waals surface area (Å²) in [4.78, 5) is 6.53. The van der Waals surface area contributed by atoms with Crippen molar-refractivity contribution in [3.05, 3.63) is 145 Å². The first-order valence-electron chi connectivity index (χ1n) is 15.6. The molecule has 2 aromatic heterocycles. The van der Waals surface area contributed by atoms with E-state index < -0.39 is 0 Å². The molecule has 0 saturated heterocycles. The van der Waals surface area contributed by atoms with Crippen molar-refractivity contribution in [1.29, 1.82) is 0 Å². The maximum atomic E-state index is 4.22. The van der Waals surface area contributed by atoms with E-state index in [4.69, 9.17) is 0 Å². The van der Waals surface area contributed by atoms with Crippen LogP contribution in [0.25, 0.3) is 44.4 Å². The zero-order valence-corrected chi connectivity index (χ0v) is 29.1. The van der Waals surface area contributed by atoms with E-state index in [1.54, 1.807) is 6.20 Å². The number of anilines is 2. The number of imidazole rings is 1. The summed E-state index contributed by atoms with van der Waals surface area (Å²) < 4.78 is 4.50. The van der Waals surface area contributed by atoms with Crippen LogP contribution in [0.2, 0.25) is 0 Å². The van der Waals surface area contributed by atoms with Crippen LogP contribution in [-0.4, -0.2) is 16.6 Å². The Bertz CT molecular complexity index is 2070. The third-order valence-electron chi connectivity index (χ3n) is 8.60. The largest absolute Gasteiger partial charge is 3.00 e. The third kappa shape index (κ3) is 5.44. The minimum Gasteiger partial charge on any atom is -0.403 e. The summed E-state index contributed by atoms with van der Waals surface area (Å²) in [6.45, 7) is 9.09. The summed E-state index contributed by atoms with van der Waals surface area (Å²) in [5, 5.41) is 2.43. The van der Waals surface area contributed by atoms with Gasteiger partial charge in [-0.25, -0.2) is 0 Å². The molecule has 7 aromatic rings. The molecule has 228 valence electrons. The van der Waals surface area contributed by atoms with Gasteiger partial charge in [-0.2, -0.15) is 12.1 Å². The second kappa shape index (κ2) is 13.0. The Hall–Kier alpha value is -4.57. The van der Waals surface area contributed by atoms with E-state index in [9.17, 15) is 0 Å². The molecular weight excluding hydrogens is 741 g/mol. The maximum Gasteiger partial charge on any atom is 3.00 e. The molecular formula is C41H36IrN4+. The Balaban J connectivity index is 0.000000241. The fourth-order valence-electron chi connectivity index (χ4n) is 6.39. The number of benzene rings is 5. The molecule has 0 bridgehead atoms. The summed E-state index contributed by atoms with van der Waals surface area (Å²) in [5.41, 5.74) is 11.7. The van der Waals surface area contributed by atoms with Gasteiger partial charge in [-0.3, -0.25) is 4.57 Å². The molecule has 4 nitrogen and oxygen atoms in total. The van der Waals surface area contributed by atoms with Gasteiger partial charge in [0.2, 0.25) is 0 Å². The van der Waals surface area contributed by atoms with Crippen molar-refractivity contribution < 1.29 is 24.7 Å². The molecule has 0 unspecified atom stereocenters. The first-order valence-corrected chi connectivity index (χ1v) is 15.6. The Kier molecular flexibility index (Phi) is 8.90. The number of pyridine rings is 1. The third-order valence-corrected chi connectivity index (χ3v) is 8.60. The number of hydrogen-bond donors (Lipinski definition) is 0. The number of para-hydroxylation sites is 2. The van der Waals surface area contributed by atoms with Gasteiger partial charge in [0.1, 0.15) is 5.52 Å². The van der Waals surface area contributed by atoms with Crippen molar-refractivity contribution in [2.75, 3.05) is 11.9 Å². The zero-order chi connectivity index (χ0) is 31.1. The second-order valence-electron chi connectivity index (χ2n) is 12.1. The molecule has 0 aliphatic carbocycles. The van der Waals surface area contributed by atoms with Gasteiger partial charge in [0.25, 0.3) is 6.33 Å². The molecule has 0 fully saturated rings. The van der Waals surface area contributed by atoms with E-state index in [0.717, 1.165) is 16.9 Å². The molecule has 0 atom stereocenters. The van der Waals surface area contributed by atoms with Crippen LogP contribution in [0.5, 0.6) is 0 Å². The maximum absolute atomic E-state index is 4.22. The van der Waals surface area contributed by atoms with E-state index in [1.807, 2.05) is 42.5 Å². The molecule has 1 aliphatic heterocycles. The van der Waals surface area contributed by atoms with Gasteiger partial charge in [-0.1, -0.05) is 94.0 Å². The molecule has 8 rings (SSSR count). The fourth-order valence-corrected chi connectivity index (χ4v) is 6.39. The van der Waals surface area contributed by atoms with E-state index in [2.05, 4.69) is 139 Å². The van der Waals surface area contributed by atoms with E-state index >= 15 is 0 Å². The van der Waals surface area contributed by atoms with Crippen LogP contribution in [0.1, 0.15) is 50.7 Å². The standard InChI is InChI=1S/C30H28N3.C11H8N.Ir/c1-19(2)22-12-8-13-23(20(3)4)28(22)32-18-33-27-17-16-21-10-6-7-11-24(21)29(27)31(5)25-14-9-15-26(32)30(25)33;1-2-6-10(7-3-1)11-8-4-5-9-12-11;/h6-16,19-20H,1-5H3;1-6,8-9H;/q2*-1;+3. The van der Waals surface area contributed by atoms with E-state index in [1.165, 1.54) is 50.0 Å². The Morgan fingerprint density at radius 3 is 2.13 bits per heavy atom. The molecule has 1 aliphatic rings. The van der Waals surface area contributed by atoms with Crippen molar-refractivity contribution in [3.8, 4) is 22.6 Å². The molecule has 5 aromatic carbocycles.